The number of hydrogen-bond donors (Lipinski definition) is 1. The van der Waals surface area contributed by atoms with Crippen LogP contribution in [0.5, 0.6) is 0 Å². The maximum absolute atomic E-state index is 5.79. The normalized spacial score (nSPS) is 11.1. The molecule has 5 heteroatoms. The number of aromatic nitrogens is 1. The smallest absolute Gasteiger partial charge is 0.261 e. The molecule has 0 atom stereocenters. The van der Waals surface area contributed by atoms with Gasteiger partial charge in [-0.05, 0) is 41.6 Å². The summed E-state index contributed by atoms with van der Waals surface area (Å²) in [5, 5.41) is 0.633. The summed E-state index contributed by atoms with van der Waals surface area (Å²) in [6, 6.07) is 13.7. The lowest BCUT2D eigenvalue weighted by Gasteiger charge is -2.06. The van der Waals surface area contributed by atoms with Gasteiger partial charge in [-0.3, -0.25) is 0 Å². The van der Waals surface area contributed by atoms with E-state index in [-0.39, 0.29) is 0 Å². The Morgan fingerprint density at radius 3 is 2.79 bits per heavy atom. The number of rotatable bonds is 3. The highest BCUT2D eigenvalue weighted by Gasteiger charge is 2.11. The number of para-hydroxylation sites is 2. The van der Waals surface area contributed by atoms with Crippen molar-refractivity contribution < 1.29 is 4.42 Å². The first kappa shape index (κ1) is 12.7. The fraction of sp³-hybridized carbons (Fsp3) is 0.0714. The van der Waals surface area contributed by atoms with Gasteiger partial charge < -0.3 is 10.2 Å². The Morgan fingerprint density at radius 1 is 1.16 bits per heavy atom. The van der Waals surface area contributed by atoms with Crippen molar-refractivity contribution in [3.63, 3.8) is 0 Å². The lowest BCUT2D eigenvalue weighted by molar-refractivity contribution is 0.489. The monoisotopic (exact) mass is 334 g/mol. The van der Waals surface area contributed by atoms with Gasteiger partial charge >= 0.3 is 0 Å². The zero-order valence-corrected chi connectivity index (χ0v) is 12.4. The Kier molecular flexibility index (Phi) is 3.59. The molecule has 0 unspecified atom stereocenters. The number of fused-ring (bicyclic) bond motifs is 1. The second-order valence-electron chi connectivity index (χ2n) is 3.97. The standard InChI is InChI=1S/C14H11BrN2OS/c15-10-4-3-7-13(9(10)8-16)19-14-17-11-5-1-2-6-12(11)18-14/h1-7H,8,16H2. The van der Waals surface area contributed by atoms with E-state index < -0.39 is 0 Å². The zero-order chi connectivity index (χ0) is 13.2. The largest absolute Gasteiger partial charge is 0.431 e. The van der Waals surface area contributed by atoms with Gasteiger partial charge in [-0.1, -0.05) is 34.1 Å². The predicted molar refractivity (Wildman–Crippen MR) is 80.2 cm³/mol. The van der Waals surface area contributed by atoms with Crippen molar-refractivity contribution in [1.82, 2.24) is 4.98 Å². The minimum absolute atomic E-state index is 0.476. The minimum atomic E-state index is 0.476. The van der Waals surface area contributed by atoms with Crippen LogP contribution in [0.4, 0.5) is 0 Å². The second kappa shape index (κ2) is 5.36. The van der Waals surface area contributed by atoms with Crippen LogP contribution < -0.4 is 5.73 Å². The van der Waals surface area contributed by atoms with E-state index in [0.29, 0.717) is 11.8 Å². The molecule has 19 heavy (non-hydrogen) atoms. The van der Waals surface area contributed by atoms with Crippen LogP contribution in [0.15, 0.2) is 61.5 Å². The number of halogens is 1. The van der Waals surface area contributed by atoms with Gasteiger partial charge in [0.15, 0.2) is 5.58 Å². The minimum Gasteiger partial charge on any atom is -0.431 e. The summed E-state index contributed by atoms with van der Waals surface area (Å²) in [6.07, 6.45) is 0. The molecule has 0 bridgehead atoms. The van der Waals surface area contributed by atoms with E-state index in [4.69, 9.17) is 10.2 Å². The van der Waals surface area contributed by atoms with Crippen LogP contribution in [0.3, 0.4) is 0 Å². The molecule has 0 saturated heterocycles. The van der Waals surface area contributed by atoms with Gasteiger partial charge in [0.05, 0.1) is 0 Å². The van der Waals surface area contributed by atoms with Crippen LogP contribution in [0.2, 0.25) is 0 Å². The topological polar surface area (TPSA) is 52.0 Å². The average molecular weight is 335 g/mol. The van der Waals surface area contributed by atoms with E-state index in [9.17, 15) is 0 Å². The Hall–Kier alpha value is -1.30. The highest BCUT2D eigenvalue weighted by Crippen LogP contribution is 2.34. The van der Waals surface area contributed by atoms with Gasteiger partial charge in [-0.25, -0.2) is 4.98 Å². The third-order valence-corrected chi connectivity index (χ3v) is 4.45. The molecular formula is C14H11BrN2OS. The van der Waals surface area contributed by atoms with Crippen molar-refractivity contribution >= 4 is 38.8 Å². The number of nitrogens with two attached hydrogens (primary N) is 1. The molecule has 0 aliphatic carbocycles. The van der Waals surface area contributed by atoms with Crippen molar-refractivity contribution in [3.05, 3.63) is 52.5 Å². The molecule has 3 rings (SSSR count). The zero-order valence-electron chi connectivity index (χ0n) is 9.97. The second-order valence-corrected chi connectivity index (χ2v) is 5.82. The first-order chi connectivity index (χ1) is 9.28. The van der Waals surface area contributed by atoms with E-state index in [2.05, 4.69) is 20.9 Å². The maximum atomic E-state index is 5.79. The van der Waals surface area contributed by atoms with Crippen molar-refractivity contribution in [1.29, 1.82) is 0 Å². The van der Waals surface area contributed by atoms with Crippen LogP contribution in [0.1, 0.15) is 5.56 Å². The van der Waals surface area contributed by atoms with E-state index in [1.54, 1.807) is 0 Å². The summed E-state index contributed by atoms with van der Waals surface area (Å²) in [4.78, 5) is 5.51. The summed E-state index contributed by atoms with van der Waals surface area (Å²) < 4.78 is 6.72. The summed E-state index contributed by atoms with van der Waals surface area (Å²) in [5.74, 6) is 0. The van der Waals surface area contributed by atoms with E-state index >= 15 is 0 Å². The van der Waals surface area contributed by atoms with Gasteiger partial charge in [0.2, 0.25) is 0 Å². The third kappa shape index (κ3) is 2.54. The fourth-order valence-corrected chi connectivity index (χ4v) is 3.41. The molecule has 0 aliphatic rings. The van der Waals surface area contributed by atoms with Gasteiger partial charge in [0.1, 0.15) is 5.52 Å². The number of oxazole rings is 1. The van der Waals surface area contributed by atoms with Crippen molar-refractivity contribution in [3.8, 4) is 0 Å². The summed E-state index contributed by atoms with van der Waals surface area (Å²) >= 11 is 5.00. The van der Waals surface area contributed by atoms with Gasteiger partial charge in [0.25, 0.3) is 5.22 Å². The molecule has 1 aromatic heterocycles. The SMILES string of the molecule is NCc1c(Br)cccc1Sc1nc2ccccc2o1. The Morgan fingerprint density at radius 2 is 2.00 bits per heavy atom. The van der Waals surface area contributed by atoms with Crippen LogP contribution >= 0.6 is 27.7 Å². The number of benzene rings is 2. The Balaban J connectivity index is 1.99. The fourth-order valence-electron chi connectivity index (χ4n) is 1.82. The summed E-state index contributed by atoms with van der Waals surface area (Å²) in [7, 11) is 0. The highest BCUT2D eigenvalue weighted by molar-refractivity contribution is 9.10. The summed E-state index contributed by atoms with van der Waals surface area (Å²) in [6.45, 7) is 0.476. The first-order valence-corrected chi connectivity index (χ1v) is 7.40. The van der Waals surface area contributed by atoms with Gasteiger partial charge in [0, 0.05) is 15.9 Å². The first-order valence-electron chi connectivity index (χ1n) is 5.79. The number of hydrogen-bond acceptors (Lipinski definition) is 4. The van der Waals surface area contributed by atoms with Crippen LogP contribution in [0, 0.1) is 0 Å². The molecule has 1 heterocycles. The maximum Gasteiger partial charge on any atom is 0.261 e. The number of nitrogens with zero attached hydrogens (tertiary/aromatic N) is 1. The van der Waals surface area contributed by atoms with E-state index in [0.717, 1.165) is 26.0 Å². The molecule has 0 spiro atoms. The lowest BCUT2D eigenvalue weighted by atomic mass is 10.2. The van der Waals surface area contributed by atoms with Gasteiger partial charge in [-0.2, -0.15) is 0 Å². The molecule has 3 aromatic rings. The average Bonchev–Trinajstić information content (AvgIpc) is 2.81. The molecule has 0 aliphatic heterocycles. The quantitative estimate of drug-likeness (QED) is 0.779. The van der Waals surface area contributed by atoms with Gasteiger partial charge in [-0.15, -0.1) is 0 Å². The molecule has 0 radical (unpaired) electrons. The molecule has 0 fully saturated rings. The molecule has 2 N–H and O–H groups in total. The predicted octanol–water partition coefficient (Wildman–Crippen LogP) is 4.20. The molecule has 0 saturated carbocycles. The van der Waals surface area contributed by atoms with Crippen molar-refractivity contribution in [2.24, 2.45) is 5.73 Å². The van der Waals surface area contributed by atoms with Crippen LogP contribution in [0.25, 0.3) is 11.1 Å². The highest BCUT2D eigenvalue weighted by atomic mass is 79.9. The lowest BCUT2D eigenvalue weighted by Crippen LogP contribution is -1.99. The van der Waals surface area contributed by atoms with Crippen LogP contribution in [-0.4, -0.2) is 4.98 Å². The molecule has 3 nitrogen and oxygen atoms in total. The van der Waals surface area contributed by atoms with Crippen LogP contribution in [-0.2, 0) is 6.54 Å². The molecular weight excluding hydrogens is 324 g/mol. The molecule has 96 valence electrons. The Bertz CT molecular complexity index is 693. The molecule has 0 amide bonds. The third-order valence-electron chi connectivity index (χ3n) is 2.75. The molecule has 2 aromatic carbocycles. The summed E-state index contributed by atoms with van der Waals surface area (Å²) in [5.41, 5.74) is 8.52. The van der Waals surface area contributed by atoms with Crippen molar-refractivity contribution in [2.75, 3.05) is 0 Å². The van der Waals surface area contributed by atoms with Crippen molar-refractivity contribution in [2.45, 2.75) is 16.7 Å². The van der Waals surface area contributed by atoms with E-state index in [1.165, 1.54) is 11.8 Å². The Labute approximate surface area is 123 Å². The van der Waals surface area contributed by atoms with E-state index in [1.807, 2.05) is 42.5 Å².